The first-order valence-electron chi connectivity index (χ1n) is 9.81. The summed E-state index contributed by atoms with van der Waals surface area (Å²) < 4.78 is 9.55. The van der Waals surface area contributed by atoms with Crippen molar-refractivity contribution < 1.29 is 24.0 Å². The summed E-state index contributed by atoms with van der Waals surface area (Å²) in [5.74, 6) is -0.665. The molecule has 154 valence electrons. The molecule has 1 N–H and O–H groups in total. The van der Waals surface area contributed by atoms with Crippen LogP contribution in [0.5, 0.6) is 0 Å². The largest absolute Gasteiger partial charge is 0.465 e. The molecule has 0 unspecified atom stereocenters. The standard InChI is InChI=1S/C25H25NO4/c1-29-24(27)22-12-8-20(9-13-22)17-26(16-19-6-4-3-5-7-19)18-21-10-14-23(15-11-21)25(28)30-2/h3-15H,16-18H2,1-2H3/p+1. The lowest BCUT2D eigenvalue weighted by molar-refractivity contribution is -0.941. The number of nitrogens with one attached hydrogen (secondary N) is 1. The number of esters is 2. The highest BCUT2D eigenvalue weighted by Crippen LogP contribution is 2.08. The second-order valence-corrected chi connectivity index (χ2v) is 7.14. The van der Waals surface area contributed by atoms with Gasteiger partial charge in [-0.3, -0.25) is 0 Å². The summed E-state index contributed by atoms with van der Waals surface area (Å²) in [5.41, 5.74) is 4.62. The molecule has 0 atom stereocenters. The van der Waals surface area contributed by atoms with Crippen molar-refractivity contribution in [3.05, 3.63) is 107 Å². The third kappa shape index (κ3) is 5.78. The lowest BCUT2D eigenvalue weighted by Crippen LogP contribution is -3.08. The molecule has 0 saturated carbocycles. The van der Waals surface area contributed by atoms with Gasteiger partial charge < -0.3 is 14.4 Å². The highest BCUT2D eigenvalue weighted by Gasteiger charge is 2.14. The summed E-state index contributed by atoms with van der Waals surface area (Å²) in [7, 11) is 2.76. The van der Waals surface area contributed by atoms with Gasteiger partial charge in [-0.25, -0.2) is 9.59 Å². The van der Waals surface area contributed by atoms with Crippen molar-refractivity contribution in [3.63, 3.8) is 0 Å². The van der Waals surface area contributed by atoms with E-state index in [4.69, 9.17) is 9.47 Å². The van der Waals surface area contributed by atoms with Gasteiger partial charge in [0.25, 0.3) is 0 Å². The Bertz CT molecular complexity index is 905. The normalized spacial score (nSPS) is 10.6. The monoisotopic (exact) mass is 404 g/mol. The van der Waals surface area contributed by atoms with Crippen LogP contribution in [-0.2, 0) is 29.1 Å². The first-order valence-corrected chi connectivity index (χ1v) is 9.81. The predicted molar refractivity (Wildman–Crippen MR) is 114 cm³/mol. The molecule has 0 fully saturated rings. The molecule has 3 aromatic carbocycles. The first-order chi connectivity index (χ1) is 14.6. The van der Waals surface area contributed by atoms with Crippen LogP contribution in [0.4, 0.5) is 0 Å². The van der Waals surface area contributed by atoms with E-state index >= 15 is 0 Å². The van der Waals surface area contributed by atoms with Crippen LogP contribution in [0.3, 0.4) is 0 Å². The van der Waals surface area contributed by atoms with E-state index in [-0.39, 0.29) is 11.9 Å². The lowest BCUT2D eigenvalue weighted by atomic mass is 10.1. The zero-order valence-electron chi connectivity index (χ0n) is 17.3. The average molecular weight is 404 g/mol. The summed E-state index contributed by atoms with van der Waals surface area (Å²) >= 11 is 0. The molecule has 5 nitrogen and oxygen atoms in total. The van der Waals surface area contributed by atoms with Crippen molar-refractivity contribution in [3.8, 4) is 0 Å². The second-order valence-electron chi connectivity index (χ2n) is 7.14. The number of hydrogen-bond donors (Lipinski definition) is 1. The van der Waals surface area contributed by atoms with Crippen molar-refractivity contribution in [1.29, 1.82) is 0 Å². The van der Waals surface area contributed by atoms with Gasteiger partial charge in [-0.2, -0.15) is 0 Å². The zero-order valence-corrected chi connectivity index (χ0v) is 17.3. The van der Waals surface area contributed by atoms with Gasteiger partial charge in [-0.05, 0) is 24.3 Å². The van der Waals surface area contributed by atoms with Crippen molar-refractivity contribution in [2.75, 3.05) is 14.2 Å². The molecule has 0 bridgehead atoms. The third-order valence-corrected chi connectivity index (χ3v) is 4.96. The van der Waals surface area contributed by atoms with Crippen molar-refractivity contribution in [2.24, 2.45) is 0 Å². The Morgan fingerprint density at radius 2 is 0.967 bits per heavy atom. The van der Waals surface area contributed by atoms with Gasteiger partial charge in [-0.15, -0.1) is 0 Å². The minimum atomic E-state index is -0.333. The molecular formula is C25H26NO4+. The number of benzene rings is 3. The molecular weight excluding hydrogens is 378 g/mol. The molecule has 0 aliphatic carbocycles. The fourth-order valence-corrected chi connectivity index (χ4v) is 3.40. The molecule has 3 aromatic rings. The van der Waals surface area contributed by atoms with Crippen molar-refractivity contribution in [1.82, 2.24) is 0 Å². The smallest absolute Gasteiger partial charge is 0.337 e. The van der Waals surface area contributed by atoms with Crippen LogP contribution in [0.1, 0.15) is 37.4 Å². The molecule has 0 aliphatic heterocycles. The van der Waals surface area contributed by atoms with Crippen LogP contribution < -0.4 is 4.90 Å². The Morgan fingerprint density at radius 1 is 0.600 bits per heavy atom. The quantitative estimate of drug-likeness (QED) is 0.587. The summed E-state index contributed by atoms with van der Waals surface area (Å²) in [6.07, 6.45) is 0. The van der Waals surface area contributed by atoms with Gasteiger partial charge in [0.05, 0.1) is 25.3 Å². The molecule has 0 aliphatic rings. The minimum absolute atomic E-state index is 0.333. The molecule has 0 saturated heterocycles. The van der Waals surface area contributed by atoms with Gasteiger partial charge in [0.15, 0.2) is 0 Å². The third-order valence-electron chi connectivity index (χ3n) is 4.96. The summed E-state index contributed by atoms with van der Waals surface area (Å²) in [6.45, 7) is 2.46. The number of hydrogen-bond acceptors (Lipinski definition) is 4. The number of methoxy groups -OCH3 is 2. The van der Waals surface area contributed by atoms with E-state index in [1.165, 1.54) is 24.7 Å². The topological polar surface area (TPSA) is 57.0 Å². The second kappa shape index (κ2) is 10.4. The number of ether oxygens (including phenoxy) is 2. The van der Waals surface area contributed by atoms with Crippen LogP contribution >= 0.6 is 0 Å². The van der Waals surface area contributed by atoms with Crippen molar-refractivity contribution >= 4 is 11.9 Å². The zero-order chi connectivity index (χ0) is 21.3. The maximum atomic E-state index is 11.7. The van der Waals surface area contributed by atoms with Crippen LogP contribution in [0, 0.1) is 0 Å². The molecule has 0 aromatic heterocycles. The first kappa shape index (κ1) is 21.3. The van der Waals surface area contributed by atoms with E-state index in [2.05, 4.69) is 12.1 Å². The van der Waals surface area contributed by atoms with Gasteiger partial charge >= 0.3 is 11.9 Å². The number of carbonyl (C=O) groups is 2. The Balaban J connectivity index is 1.76. The van der Waals surface area contributed by atoms with E-state index in [0.29, 0.717) is 11.1 Å². The van der Waals surface area contributed by atoms with E-state index in [9.17, 15) is 9.59 Å². The molecule has 0 amide bonds. The lowest BCUT2D eigenvalue weighted by Gasteiger charge is -2.20. The predicted octanol–water partition coefficient (Wildman–Crippen LogP) is 3.05. The fraction of sp³-hybridized carbons (Fsp3) is 0.200. The van der Waals surface area contributed by atoms with E-state index in [1.54, 1.807) is 24.3 Å². The highest BCUT2D eigenvalue weighted by atomic mass is 16.5. The van der Waals surface area contributed by atoms with Crippen molar-refractivity contribution in [2.45, 2.75) is 19.6 Å². The molecule has 3 rings (SSSR count). The van der Waals surface area contributed by atoms with Crippen LogP contribution in [0.25, 0.3) is 0 Å². The van der Waals surface area contributed by atoms with E-state index in [0.717, 1.165) is 30.8 Å². The SMILES string of the molecule is COC(=O)c1ccc(C[NH+](Cc2ccccc2)Cc2ccc(C(=O)OC)cc2)cc1. The molecule has 0 heterocycles. The average Bonchev–Trinajstić information content (AvgIpc) is 2.79. The number of rotatable bonds is 8. The van der Waals surface area contributed by atoms with E-state index in [1.807, 2.05) is 42.5 Å². The van der Waals surface area contributed by atoms with Crippen LogP contribution in [0.15, 0.2) is 78.9 Å². The molecule has 0 spiro atoms. The summed E-state index contributed by atoms with van der Waals surface area (Å²) in [5, 5.41) is 0. The maximum absolute atomic E-state index is 11.7. The minimum Gasteiger partial charge on any atom is -0.465 e. The highest BCUT2D eigenvalue weighted by molar-refractivity contribution is 5.89. The van der Waals surface area contributed by atoms with Gasteiger partial charge in [0.1, 0.15) is 19.6 Å². The van der Waals surface area contributed by atoms with Gasteiger partial charge in [0, 0.05) is 16.7 Å². The maximum Gasteiger partial charge on any atom is 0.337 e. The summed E-state index contributed by atoms with van der Waals surface area (Å²) in [6, 6.07) is 25.4. The molecule has 0 radical (unpaired) electrons. The Hall–Kier alpha value is -3.44. The summed E-state index contributed by atoms with van der Waals surface area (Å²) in [4.78, 5) is 24.7. The Morgan fingerprint density at radius 3 is 1.33 bits per heavy atom. The Kier molecular flexibility index (Phi) is 7.35. The molecule has 5 heteroatoms. The fourth-order valence-electron chi connectivity index (χ4n) is 3.40. The number of carbonyl (C=O) groups excluding carboxylic acids is 2. The number of quaternary nitrogens is 1. The van der Waals surface area contributed by atoms with Crippen LogP contribution in [0.2, 0.25) is 0 Å². The van der Waals surface area contributed by atoms with Gasteiger partial charge in [-0.1, -0.05) is 54.6 Å². The molecule has 30 heavy (non-hydrogen) atoms. The van der Waals surface area contributed by atoms with E-state index < -0.39 is 0 Å². The Labute approximate surface area is 176 Å². The van der Waals surface area contributed by atoms with Crippen LogP contribution in [-0.4, -0.2) is 26.2 Å². The van der Waals surface area contributed by atoms with Gasteiger partial charge in [0.2, 0.25) is 0 Å².